The van der Waals surface area contributed by atoms with Gasteiger partial charge in [0.2, 0.25) is 0 Å². The molecule has 0 amide bonds. The van der Waals surface area contributed by atoms with Gasteiger partial charge >= 0.3 is 0 Å². The molecular formula is C18H30F2O2. The number of allylic oxidation sites excluding steroid dienone is 1. The van der Waals surface area contributed by atoms with Gasteiger partial charge in [0.05, 0.1) is 6.61 Å². The van der Waals surface area contributed by atoms with Crippen LogP contribution in [0, 0.1) is 11.8 Å². The predicted molar refractivity (Wildman–Crippen MR) is 85.8 cm³/mol. The molecule has 128 valence electrons. The van der Waals surface area contributed by atoms with E-state index in [1.165, 1.54) is 38.5 Å². The van der Waals surface area contributed by atoms with Gasteiger partial charge in [0.1, 0.15) is 6.61 Å². The maximum atomic E-state index is 13.5. The molecule has 0 N–H and O–H groups in total. The van der Waals surface area contributed by atoms with Gasteiger partial charge in [-0.3, -0.25) is 0 Å². The molecule has 0 unspecified atom stereocenters. The maximum Gasteiger partial charge on any atom is 0.198 e. The van der Waals surface area contributed by atoms with E-state index in [-0.39, 0.29) is 19.0 Å². The molecule has 0 atom stereocenters. The Morgan fingerprint density at radius 2 is 1.64 bits per heavy atom. The van der Waals surface area contributed by atoms with Crippen LogP contribution in [0.2, 0.25) is 0 Å². The van der Waals surface area contributed by atoms with Gasteiger partial charge < -0.3 is 9.47 Å². The van der Waals surface area contributed by atoms with Crippen molar-refractivity contribution in [2.24, 2.45) is 11.8 Å². The number of ether oxygens (including phenoxy) is 2. The Morgan fingerprint density at radius 3 is 2.18 bits per heavy atom. The van der Waals surface area contributed by atoms with Crippen molar-refractivity contribution in [1.29, 1.82) is 0 Å². The van der Waals surface area contributed by atoms with Crippen LogP contribution in [-0.2, 0) is 9.47 Å². The summed E-state index contributed by atoms with van der Waals surface area (Å²) in [5, 5.41) is 0. The van der Waals surface area contributed by atoms with E-state index < -0.39 is 11.7 Å². The van der Waals surface area contributed by atoms with Crippen LogP contribution in [0.5, 0.6) is 0 Å². The van der Waals surface area contributed by atoms with E-state index in [9.17, 15) is 8.78 Å². The van der Waals surface area contributed by atoms with Gasteiger partial charge in [0, 0.05) is 6.61 Å². The zero-order valence-electron chi connectivity index (χ0n) is 14.0. The summed E-state index contributed by atoms with van der Waals surface area (Å²) in [6.45, 7) is 7.67. The molecule has 1 aliphatic carbocycles. The van der Waals surface area contributed by atoms with Gasteiger partial charge in [-0.05, 0) is 25.2 Å². The summed E-state index contributed by atoms with van der Waals surface area (Å²) in [5.74, 6) is -0.686. The molecule has 4 heteroatoms. The minimum absolute atomic E-state index is 0.265. The normalized spacial score (nSPS) is 23.1. The van der Waals surface area contributed by atoms with E-state index >= 15 is 0 Å². The first-order chi connectivity index (χ1) is 10.6. The van der Waals surface area contributed by atoms with Crippen LogP contribution in [0.25, 0.3) is 0 Å². The molecule has 22 heavy (non-hydrogen) atoms. The van der Waals surface area contributed by atoms with E-state index in [1.54, 1.807) is 6.92 Å². The van der Waals surface area contributed by atoms with Crippen LogP contribution >= 0.6 is 0 Å². The molecule has 1 saturated carbocycles. The highest BCUT2D eigenvalue weighted by molar-refractivity contribution is 5.19. The van der Waals surface area contributed by atoms with Crippen LogP contribution in [0.15, 0.2) is 24.0 Å². The Morgan fingerprint density at radius 1 is 1.05 bits per heavy atom. The third kappa shape index (κ3) is 6.91. The number of halogens is 2. The number of hydrogen-bond donors (Lipinski definition) is 0. The summed E-state index contributed by atoms with van der Waals surface area (Å²) in [6.07, 6.45) is 8.61. The average molecular weight is 316 g/mol. The van der Waals surface area contributed by atoms with Crippen LogP contribution < -0.4 is 0 Å². The van der Waals surface area contributed by atoms with Crippen LogP contribution in [0.3, 0.4) is 0 Å². The fraction of sp³-hybridized carbons (Fsp3) is 0.778. The average Bonchev–Trinajstić information content (AvgIpc) is 2.52. The molecule has 0 aromatic rings. The molecule has 1 aliphatic rings. The second-order valence-corrected chi connectivity index (χ2v) is 6.09. The molecule has 0 aromatic heterocycles. The Kier molecular flexibility index (Phi) is 9.37. The SMILES string of the molecule is C=C(OCC)/C(F)=C(/F)COCCC1CCC(CCC)CC1. The van der Waals surface area contributed by atoms with E-state index in [4.69, 9.17) is 9.47 Å². The van der Waals surface area contributed by atoms with Gasteiger partial charge in [-0.15, -0.1) is 0 Å². The lowest BCUT2D eigenvalue weighted by atomic mass is 9.79. The van der Waals surface area contributed by atoms with E-state index in [0.717, 1.165) is 12.3 Å². The first-order valence-corrected chi connectivity index (χ1v) is 8.52. The van der Waals surface area contributed by atoms with Crippen molar-refractivity contribution in [3.05, 3.63) is 24.0 Å². The Bertz CT molecular complexity index is 358. The van der Waals surface area contributed by atoms with Crippen molar-refractivity contribution in [2.45, 2.75) is 58.8 Å². The molecule has 2 nitrogen and oxygen atoms in total. The first-order valence-electron chi connectivity index (χ1n) is 8.52. The minimum atomic E-state index is -1.04. The van der Waals surface area contributed by atoms with Crippen LogP contribution in [0.1, 0.15) is 58.8 Å². The van der Waals surface area contributed by atoms with Crippen molar-refractivity contribution < 1.29 is 18.3 Å². The van der Waals surface area contributed by atoms with Crippen molar-refractivity contribution in [2.75, 3.05) is 19.8 Å². The maximum absolute atomic E-state index is 13.5. The lowest BCUT2D eigenvalue weighted by Gasteiger charge is -2.28. The summed E-state index contributed by atoms with van der Waals surface area (Å²) < 4.78 is 37.1. The van der Waals surface area contributed by atoms with Gasteiger partial charge in [0.25, 0.3) is 0 Å². The third-order valence-corrected chi connectivity index (χ3v) is 4.36. The van der Waals surface area contributed by atoms with Gasteiger partial charge in [-0.2, -0.15) is 4.39 Å². The summed E-state index contributed by atoms with van der Waals surface area (Å²) in [5.41, 5.74) is 0. The van der Waals surface area contributed by atoms with Gasteiger partial charge in [0.15, 0.2) is 17.4 Å². The summed E-state index contributed by atoms with van der Waals surface area (Å²) in [6, 6.07) is 0. The monoisotopic (exact) mass is 316 g/mol. The smallest absolute Gasteiger partial charge is 0.198 e. The Labute approximate surface area is 133 Å². The zero-order chi connectivity index (χ0) is 16.4. The highest BCUT2D eigenvalue weighted by Gasteiger charge is 2.20. The van der Waals surface area contributed by atoms with E-state index in [1.807, 2.05) is 0 Å². The fourth-order valence-electron chi connectivity index (χ4n) is 3.08. The second kappa shape index (κ2) is 10.8. The lowest BCUT2D eigenvalue weighted by Crippen LogP contribution is -2.16. The zero-order valence-corrected chi connectivity index (χ0v) is 14.0. The largest absolute Gasteiger partial charge is 0.491 e. The molecule has 0 aliphatic heterocycles. The second-order valence-electron chi connectivity index (χ2n) is 6.09. The molecule has 1 rings (SSSR count). The summed E-state index contributed by atoms with van der Waals surface area (Å²) in [7, 11) is 0. The van der Waals surface area contributed by atoms with Gasteiger partial charge in [-0.25, -0.2) is 4.39 Å². The van der Waals surface area contributed by atoms with E-state index in [2.05, 4.69) is 13.5 Å². The molecular weight excluding hydrogens is 286 g/mol. The lowest BCUT2D eigenvalue weighted by molar-refractivity contribution is 0.113. The van der Waals surface area contributed by atoms with Crippen LogP contribution in [-0.4, -0.2) is 19.8 Å². The highest BCUT2D eigenvalue weighted by Crippen LogP contribution is 2.33. The molecule has 1 fully saturated rings. The van der Waals surface area contributed by atoms with Crippen molar-refractivity contribution in [3.8, 4) is 0 Å². The molecule has 0 saturated heterocycles. The Balaban J connectivity index is 2.17. The standard InChI is InChI=1S/C18H30F2O2/c1-4-6-15-7-9-16(10-8-15)11-12-21-13-17(19)18(20)14(3)22-5-2/h15-16H,3-13H2,1-2H3/b18-17-. The van der Waals surface area contributed by atoms with Crippen LogP contribution in [0.4, 0.5) is 8.78 Å². The van der Waals surface area contributed by atoms with E-state index in [0.29, 0.717) is 12.5 Å². The number of rotatable bonds is 10. The minimum Gasteiger partial charge on any atom is -0.491 e. The third-order valence-electron chi connectivity index (χ3n) is 4.36. The Hall–Kier alpha value is -0.900. The molecule has 0 aromatic carbocycles. The molecule has 0 heterocycles. The fourth-order valence-corrected chi connectivity index (χ4v) is 3.08. The highest BCUT2D eigenvalue weighted by atomic mass is 19.2. The molecule has 0 bridgehead atoms. The summed E-state index contributed by atoms with van der Waals surface area (Å²) >= 11 is 0. The molecule has 0 radical (unpaired) electrons. The van der Waals surface area contributed by atoms with Crippen molar-refractivity contribution >= 4 is 0 Å². The first kappa shape index (κ1) is 19.1. The summed E-state index contributed by atoms with van der Waals surface area (Å²) in [4.78, 5) is 0. The number of hydrogen-bond acceptors (Lipinski definition) is 2. The predicted octanol–water partition coefficient (Wildman–Crippen LogP) is 5.70. The van der Waals surface area contributed by atoms with Gasteiger partial charge in [-0.1, -0.05) is 52.0 Å². The van der Waals surface area contributed by atoms with Crippen molar-refractivity contribution in [3.63, 3.8) is 0 Å². The molecule has 0 spiro atoms. The quantitative estimate of drug-likeness (QED) is 0.292. The van der Waals surface area contributed by atoms with Crippen molar-refractivity contribution in [1.82, 2.24) is 0 Å². The topological polar surface area (TPSA) is 18.5 Å².